The number of rotatable bonds is 4. The fraction of sp³-hybridized carbons (Fsp3) is 0.280. The molecule has 1 saturated heterocycles. The lowest BCUT2D eigenvalue weighted by Gasteiger charge is -2.32. The van der Waals surface area contributed by atoms with Crippen molar-refractivity contribution in [2.75, 3.05) is 25.0 Å². The summed E-state index contributed by atoms with van der Waals surface area (Å²) in [5, 5.41) is 18.0. The van der Waals surface area contributed by atoms with Crippen LogP contribution in [-0.4, -0.2) is 45.9 Å². The number of aromatic nitrogens is 4. The summed E-state index contributed by atoms with van der Waals surface area (Å²) in [5.74, 6) is 0.0723. The van der Waals surface area contributed by atoms with Gasteiger partial charge in [0.1, 0.15) is 11.9 Å². The summed E-state index contributed by atoms with van der Waals surface area (Å²) in [4.78, 5) is 11.7. The Morgan fingerprint density at radius 1 is 1.12 bits per heavy atom. The predicted octanol–water partition coefficient (Wildman–Crippen LogP) is 3.90. The molecule has 0 radical (unpaired) electrons. The molecule has 3 heterocycles. The van der Waals surface area contributed by atoms with Crippen LogP contribution in [0.5, 0.6) is 0 Å². The minimum Gasteiger partial charge on any atom is -0.341 e. The monoisotopic (exact) mass is 441 g/mol. The Morgan fingerprint density at radius 2 is 1.91 bits per heavy atom. The fourth-order valence-electron chi connectivity index (χ4n) is 4.38. The summed E-state index contributed by atoms with van der Waals surface area (Å²) in [6, 6.07) is 13.0. The Morgan fingerprint density at radius 3 is 2.64 bits per heavy atom. The second kappa shape index (κ2) is 8.60. The molecule has 0 bridgehead atoms. The van der Waals surface area contributed by atoms with Gasteiger partial charge in [-0.25, -0.2) is 14.4 Å². The molecule has 4 aromatic rings. The van der Waals surface area contributed by atoms with Crippen LogP contribution in [0.2, 0.25) is 0 Å². The van der Waals surface area contributed by atoms with Crippen LogP contribution in [0.3, 0.4) is 0 Å². The number of nitrogens with zero attached hydrogens (tertiary/aromatic N) is 6. The van der Waals surface area contributed by atoms with E-state index in [9.17, 15) is 4.39 Å². The van der Waals surface area contributed by atoms with Crippen molar-refractivity contribution >= 4 is 16.9 Å². The Balaban J connectivity index is 1.61. The molecule has 0 aliphatic carbocycles. The highest BCUT2D eigenvalue weighted by atomic mass is 19.1. The van der Waals surface area contributed by atoms with Crippen LogP contribution < -0.4 is 10.2 Å². The third-order valence-corrected chi connectivity index (χ3v) is 6.26. The molecule has 5 rings (SSSR count). The molecule has 8 heteroatoms. The first kappa shape index (κ1) is 21.0. The highest BCUT2D eigenvalue weighted by Crippen LogP contribution is 2.34. The van der Waals surface area contributed by atoms with Crippen LogP contribution in [0.1, 0.15) is 18.4 Å². The van der Waals surface area contributed by atoms with E-state index >= 15 is 0 Å². The number of fused-ring (bicyclic) bond motifs is 1. The van der Waals surface area contributed by atoms with Gasteiger partial charge in [0, 0.05) is 55.1 Å². The van der Waals surface area contributed by atoms with Crippen molar-refractivity contribution in [3.8, 4) is 28.5 Å². The Labute approximate surface area is 191 Å². The summed E-state index contributed by atoms with van der Waals surface area (Å²) in [7, 11) is 3.88. The Bertz CT molecular complexity index is 1360. The van der Waals surface area contributed by atoms with Crippen molar-refractivity contribution in [1.82, 2.24) is 25.1 Å². The SMILES string of the molecule is CNC1CCN(c2ncc(-c3ccc4cn(C)nc4c3)c(-c3ccc(C#N)c(F)c3)n2)CC1. The first-order chi connectivity index (χ1) is 16.1. The molecule has 2 aromatic carbocycles. The average molecular weight is 442 g/mol. The first-order valence-corrected chi connectivity index (χ1v) is 11.0. The maximum atomic E-state index is 14.5. The molecule has 0 atom stereocenters. The topological polar surface area (TPSA) is 82.7 Å². The van der Waals surface area contributed by atoms with E-state index in [0.717, 1.165) is 48.0 Å². The van der Waals surface area contributed by atoms with Crippen molar-refractivity contribution < 1.29 is 4.39 Å². The normalized spacial score (nSPS) is 14.5. The molecular weight excluding hydrogens is 417 g/mol. The number of hydrogen-bond donors (Lipinski definition) is 1. The number of anilines is 1. The lowest BCUT2D eigenvalue weighted by Crippen LogP contribution is -2.41. The van der Waals surface area contributed by atoms with Crippen molar-refractivity contribution in [1.29, 1.82) is 5.26 Å². The van der Waals surface area contributed by atoms with Gasteiger partial charge in [0.2, 0.25) is 5.95 Å². The smallest absolute Gasteiger partial charge is 0.225 e. The minimum atomic E-state index is -0.559. The molecule has 1 aliphatic rings. The second-order valence-corrected chi connectivity index (χ2v) is 8.37. The van der Waals surface area contributed by atoms with Gasteiger partial charge in [-0.15, -0.1) is 0 Å². The molecule has 0 spiro atoms. The minimum absolute atomic E-state index is 0.0126. The van der Waals surface area contributed by atoms with Gasteiger partial charge in [-0.2, -0.15) is 10.4 Å². The van der Waals surface area contributed by atoms with E-state index in [4.69, 9.17) is 10.2 Å². The molecule has 33 heavy (non-hydrogen) atoms. The third-order valence-electron chi connectivity index (χ3n) is 6.26. The quantitative estimate of drug-likeness (QED) is 0.517. The molecule has 1 N–H and O–H groups in total. The van der Waals surface area contributed by atoms with Gasteiger partial charge in [0.15, 0.2) is 0 Å². The van der Waals surface area contributed by atoms with Crippen LogP contribution in [0.15, 0.2) is 48.8 Å². The summed E-state index contributed by atoms with van der Waals surface area (Å²) >= 11 is 0. The predicted molar refractivity (Wildman–Crippen MR) is 126 cm³/mol. The molecule has 0 amide bonds. The van der Waals surface area contributed by atoms with Gasteiger partial charge in [0.05, 0.1) is 16.8 Å². The molecular formula is C25H24FN7. The maximum Gasteiger partial charge on any atom is 0.225 e. The van der Waals surface area contributed by atoms with E-state index in [1.807, 2.05) is 50.8 Å². The molecule has 7 nitrogen and oxygen atoms in total. The van der Waals surface area contributed by atoms with E-state index in [2.05, 4.69) is 20.3 Å². The van der Waals surface area contributed by atoms with Gasteiger partial charge < -0.3 is 10.2 Å². The van der Waals surface area contributed by atoms with Crippen molar-refractivity contribution in [2.45, 2.75) is 18.9 Å². The molecule has 1 fully saturated rings. The number of nitrogens with one attached hydrogen (secondary N) is 1. The number of nitriles is 1. The zero-order valence-electron chi connectivity index (χ0n) is 18.6. The summed E-state index contributed by atoms with van der Waals surface area (Å²) in [5.41, 5.74) is 3.82. The first-order valence-electron chi connectivity index (χ1n) is 11.0. The largest absolute Gasteiger partial charge is 0.341 e. The maximum absolute atomic E-state index is 14.5. The third kappa shape index (κ3) is 4.03. The van der Waals surface area contributed by atoms with Gasteiger partial charge in [-0.05, 0) is 43.7 Å². The van der Waals surface area contributed by atoms with E-state index in [1.54, 1.807) is 10.7 Å². The highest BCUT2D eigenvalue weighted by molar-refractivity contribution is 5.88. The lowest BCUT2D eigenvalue weighted by atomic mass is 9.99. The summed E-state index contributed by atoms with van der Waals surface area (Å²) in [6.07, 6.45) is 5.80. The number of benzene rings is 2. The molecule has 1 aliphatic heterocycles. The van der Waals surface area contributed by atoms with E-state index < -0.39 is 5.82 Å². The number of piperidine rings is 1. The Hall–Kier alpha value is -3.83. The molecule has 0 saturated carbocycles. The lowest BCUT2D eigenvalue weighted by molar-refractivity contribution is 0.439. The van der Waals surface area contributed by atoms with Crippen molar-refractivity contribution in [3.63, 3.8) is 0 Å². The molecule has 2 aromatic heterocycles. The molecule has 0 unspecified atom stereocenters. The van der Waals surface area contributed by atoms with Crippen LogP contribution in [0, 0.1) is 17.1 Å². The zero-order valence-corrected chi connectivity index (χ0v) is 18.6. The number of halogens is 1. The van der Waals surface area contributed by atoms with Crippen molar-refractivity contribution in [2.24, 2.45) is 7.05 Å². The van der Waals surface area contributed by atoms with E-state index in [0.29, 0.717) is 23.2 Å². The average Bonchev–Trinajstić information content (AvgIpc) is 3.23. The second-order valence-electron chi connectivity index (χ2n) is 8.37. The van der Waals surface area contributed by atoms with Crippen LogP contribution >= 0.6 is 0 Å². The summed E-state index contributed by atoms with van der Waals surface area (Å²) in [6.45, 7) is 1.71. The van der Waals surface area contributed by atoms with Crippen LogP contribution in [0.4, 0.5) is 10.3 Å². The van der Waals surface area contributed by atoms with Gasteiger partial charge in [0.25, 0.3) is 0 Å². The van der Waals surface area contributed by atoms with E-state index in [-0.39, 0.29) is 5.56 Å². The Kier molecular flexibility index (Phi) is 5.48. The molecule has 166 valence electrons. The summed E-state index contributed by atoms with van der Waals surface area (Å²) < 4.78 is 16.3. The fourth-order valence-corrected chi connectivity index (χ4v) is 4.38. The number of hydrogen-bond acceptors (Lipinski definition) is 6. The van der Waals surface area contributed by atoms with Crippen LogP contribution in [0.25, 0.3) is 33.3 Å². The van der Waals surface area contributed by atoms with Crippen molar-refractivity contribution in [3.05, 3.63) is 60.2 Å². The van der Waals surface area contributed by atoms with Gasteiger partial charge in [-0.3, -0.25) is 4.68 Å². The zero-order chi connectivity index (χ0) is 22.9. The standard InChI is InChI=1S/C25H24FN7/c1-28-20-7-9-33(10-8-20)25-29-14-21(16-3-6-19-15-32(2)31-23(19)12-16)24(30-25)17-4-5-18(13-27)22(26)11-17/h3-6,11-12,14-15,20,28H,7-10H2,1-2H3. The van der Waals surface area contributed by atoms with E-state index in [1.165, 1.54) is 12.1 Å². The highest BCUT2D eigenvalue weighted by Gasteiger charge is 2.22. The van der Waals surface area contributed by atoms with Gasteiger partial charge in [-0.1, -0.05) is 18.2 Å². The number of aryl methyl sites for hydroxylation is 1. The van der Waals surface area contributed by atoms with Gasteiger partial charge >= 0.3 is 0 Å². The van der Waals surface area contributed by atoms with Crippen LogP contribution in [-0.2, 0) is 7.05 Å².